The second-order valence-corrected chi connectivity index (χ2v) is 10.8. The number of carbonyl (C=O) groups is 1. The molecule has 0 aromatic carbocycles. The number of amides is 1. The average molecular weight is 434 g/mol. The van der Waals surface area contributed by atoms with Gasteiger partial charge in [0.1, 0.15) is 0 Å². The Morgan fingerprint density at radius 1 is 1.29 bits per heavy atom. The molecule has 0 N–H and O–H groups in total. The van der Waals surface area contributed by atoms with Crippen molar-refractivity contribution in [3.8, 4) is 0 Å². The van der Waals surface area contributed by atoms with Gasteiger partial charge in [0, 0.05) is 46.7 Å². The Balaban J connectivity index is 1.28. The van der Waals surface area contributed by atoms with Crippen LogP contribution in [0, 0.1) is 0 Å². The molecule has 0 radical (unpaired) electrons. The van der Waals surface area contributed by atoms with Crippen molar-refractivity contribution in [3.63, 3.8) is 0 Å². The molecule has 0 spiro atoms. The normalized spacial score (nSPS) is 24.1. The number of aryl methyl sites for hydroxylation is 1. The van der Waals surface area contributed by atoms with Crippen LogP contribution in [0.4, 0.5) is 0 Å². The quantitative estimate of drug-likeness (QED) is 0.693. The SMILES string of the molecule is O=C(CC1CSc2nc3c(c(=O)n21)CCC3)N1CCSC(c2cccs2)CC1. The molecule has 1 fully saturated rings. The van der Waals surface area contributed by atoms with Gasteiger partial charge in [0.2, 0.25) is 5.91 Å². The predicted octanol–water partition coefficient (Wildman–Crippen LogP) is 3.54. The molecule has 28 heavy (non-hydrogen) atoms. The summed E-state index contributed by atoms with van der Waals surface area (Å²) < 4.78 is 1.81. The molecule has 0 bridgehead atoms. The van der Waals surface area contributed by atoms with E-state index in [9.17, 15) is 9.59 Å². The number of aromatic nitrogens is 2. The maximum absolute atomic E-state index is 13.0. The highest BCUT2D eigenvalue weighted by atomic mass is 32.2. The number of nitrogens with zero attached hydrogens (tertiary/aromatic N) is 3. The zero-order chi connectivity index (χ0) is 19.1. The van der Waals surface area contributed by atoms with Crippen LogP contribution in [0.2, 0.25) is 0 Å². The van der Waals surface area contributed by atoms with Gasteiger partial charge in [-0.1, -0.05) is 17.8 Å². The van der Waals surface area contributed by atoms with Crippen LogP contribution in [-0.2, 0) is 17.6 Å². The summed E-state index contributed by atoms with van der Waals surface area (Å²) in [5.41, 5.74) is 1.97. The third-order valence-electron chi connectivity index (χ3n) is 5.84. The molecule has 8 heteroatoms. The summed E-state index contributed by atoms with van der Waals surface area (Å²) in [4.78, 5) is 34.1. The van der Waals surface area contributed by atoms with E-state index in [0.29, 0.717) is 11.7 Å². The van der Waals surface area contributed by atoms with Crippen molar-refractivity contribution in [2.45, 2.75) is 48.6 Å². The molecule has 1 aliphatic carbocycles. The summed E-state index contributed by atoms with van der Waals surface area (Å²) >= 11 is 5.39. The number of thiophene rings is 1. The molecule has 2 aromatic rings. The number of thioether (sulfide) groups is 2. The number of carbonyl (C=O) groups excluding carboxylic acids is 1. The Bertz CT molecular complexity index is 941. The molecule has 5 rings (SSSR count). The van der Waals surface area contributed by atoms with Gasteiger partial charge in [0.05, 0.1) is 11.7 Å². The molecule has 4 heterocycles. The average Bonchev–Trinajstić information content (AvgIpc) is 3.41. The van der Waals surface area contributed by atoms with E-state index in [0.717, 1.165) is 66.7 Å². The van der Waals surface area contributed by atoms with Crippen LogP contribution in [0.5, 0.6) is 0 Å². The minimum Gasteiger partial charge on any atom is -0.342 e. The molecular weight excluding hydrogens is 410 g/mol. The molecule has 1 saturated heterocycles. The number of hydrogen-bond acceptors (Lipinski definition) is 6. The zero-order valence-corrected chi connectivity index (χ0v) is 18.1. The van der Waals surface area contributed by atoms with E-state index in [1.807, 2.05) is 21.2 Å². The lowest BCUT2D eigenvalue weighted by atomic mass is 10.1. The molecule has 0 saturated carbocycles. The fourth-order valence-electron chi connectivity index (χ4n) is 4.35. The van der Waals surface area contributed by atoms with Crippen LogP contribution < -0.4 is 5.56 Å². The van der Waals surface area contributed by atoms with Crippen LogP contribution >= 0.6 is 34.9 Å². The minimum absolute atomic E-state index is 0.0533. The maximum Gasteiger partial charge on any atom is 0.257 e. The summed E-state index contributed by atoms with van der Waals surface area (Å²) in [7, 11) is 0. The Hall–Kier alpha value is -1.25. The van der Waals surface area contributed by atoms with Gasteiger partial charge in [0.15, 0.2) is 5.16 Å². The van der Waals surface area contributed by atoms with Crippen molar-refractivity contribution in [2.75, 3.05) is 24.6 Å². The fraction of sp³-hybridized carbons (Fsp3) is 0.550. The van der Waals surface area contributed by atoms with Crippen LogP contribution in [0.15, 0.2) is 27.5 Å². The van der Waals surface area contributed by atoms with Gasteiger partial charge in [-0.25, -0.2) is 4.98 Å². The monoisotopic (exact) mass is 433 g/mol. The minimum atomic E-state index is -0.0533. The Kier molecular flexibility index (Phi) is 5.28. The van der Waals surface area contributed by atoms with Gasteiger partial charge in [-0.2, -0.15) is 11.8 Å². The van der Waals surface area contributed by atoms with Crippen LogP contribution in [0.3, 0.4) is 0 Å². The first-order valence-corrected chi connectivity index (χ1v) is 12.8. The van der Waals surface area contributed by atoms with Crippen molar-refractivity contribution in [1.29, 1.82) is 0 Å². The predicted molar refractivity (Wildman–Crippen MR) is 116 cm³/mol. The van der Waals surface area contributed by atoms with Crippen molar-refractivity contribution in [1.82, 2.24) is 14.5 Å². The third-order valence-corrected chi connectivity index (χ3v) is 9.38. The summed E-state index contributed by atoms with van der Waals surface area (Å²) in [6, 6.07) is 4.25. The third kappa shape index (κ3) is 3.44. The van der Waals surface area contributed by atoms with Gasteiger partial charge in [0.25, 0.3) is 5.56 Å². The molecule has 2 aliphatic heterocycles. The van der Waals surface area contributed by atoms with E-state index >= 15 is 0 Å². The highest BCUT2D eigenvalue weighted by Crippen LogP contribution is 2.38. The topological polar surface area (TPSA) is 55.2 Å². The van der Waals surface area contributed by atoms with Crippen LogP contribution in [-0.4, -0.2) is 45.0 Å². The van der Waals surface area contributed by atoms with E-state index in [1.54, 1.807) is 23.1 Å². The number of rotatable bonds is 3. The zero-order valence-electron chi connectivity index (χ0n) is 15.6. The number of hydrogen-bond donors (Lipinski definition) is 0. The van der Waals surface area contributed by atoms with Crippen molar-refractivity contribution in [3.05, 3.63) is 44.0 Å². The Morgan fingerprint density at radius 3 is 3.07 bits per heavy atom. The van der Waals surface area contributed by atoms with Crippen molar-refractivity contribution < 1.29 is 4.79 Å². The van der Waals surface area contributed by atoms with Gasteiger partial charge < -0.3 is 4.90 Å². The van der Waals surface area contributed by atoms with E-state index in [-0.39, 0.29) is 17.5 Å². The first-order chi connectivity index (χ1) is 13.7. The smallest absolute Gasteiger partial charge is 0.257 e. The van der Waals surface area contributed by atoms with E-state index in [1.165, 1.54) is 4.88 Å². The van der Waals surface area contributed by atoms with Gasteiger partial charge in [-0.3, -0.25) is 14.2 Å². The van der Waals surface area contributed by atoms with Gasteiger partial charge >= 0.3 is 0 Å². The summed E-state index contributed by atoms with van der Waals surface area (Å²) in [5.74, 6) is 1.93. The molecular formula is C20H23N3O2S3. The maximum atomic E-state index is 13.0. The van der Waals surface area contributed by atoms with Gasteiger partial charge in [-0.05, 0) is 37.1 Å². The van der Waals surface area contributed by atoms with Crippen molar-refractivity contribution >= 4 is 40.8 Å². The van der Waals surface area contributed by atoms with E-state index in [4.69, 9.17) is 4.98 Å². The summed E-state index contributed by atoms with van der Waals surface area (Å²) in [6.45, 7) is 1.61. The first kappa shape index (κ1) is 18.8. The van der Waals surface area contributed by atoms with Crippen LogP contribution in [0.1, 0.15) is 46.7 Å². The molecule has 3 aliphatic rings. The molecule has 2 aromatic heterocycles. The fourth-order valence-corrected chi connectivity index (χ4v) is 7.75. The van der Waals surface area contributed by atoms with E-state index in [2.05, 4.69) is 17.5 Å². The Labute approximate surface area is 176 Å². The lowest BCUT2D eigenvalue weighted by Gasteiger charge is -2.23. The molecule has 5 nitrogen and oxygen atoms in total. The number of fused-ring (bicyclic) bond motifs is 2. The lowest BCUT2D eigenvalue weighted by molar-refractivity contribution is -0.131. The second-order valence-electron chi connectivity index (χ2n) is 7.56. The molecule has 2 atom stereocenters. The Morgan fingerprint density at radius 2 is 2.21 bits per heavy atom. The van der Waals surface area contributed by atoms with Crippen molar-refractivity contribution in [2.24, 2.45) is 0 Å². The first-order valence-electron chi connectivity index (χ1n) is 9.90. The lowest BCUT2D eigenvalue weighted by Crippen LogP contribution is -2.36. The highest BCUT2D eigenvalue weighted by molar-refractivity contribution is 7.99. The standard InChI is InChI=1S/C20H23N3O2S3/c24-18(22-7-6-17(27-10-8-22)16-5-2-9-26-16)11-13-12-28-20-21-15-4-1-3-14(15)19(25)23(13)20/h2,5,9,13,17H,1,3-4,6-8,10-12H2. The molecule has 148 valence electrons. The summed E-state index contributed by atoms with van der Waals surface area (Å²) in [6.07, 6.45) is 4.18. The second kappa shape index (κ2) is 7.88. The van der Waals surface area contributed by atoms with E-state index < -0.39 is 0 Å². The highest BCUT2D eigenvalue weighted by Gasteiger charge is 2.32. The molecule has 2 unspecified atom stereocenters. The largest absolute Gasteiger partial charge is 0.342 e. The molecule has 1 amide bonds. The van der Waals surface area contributed by atoms with Gasteiger partial charge in [-0.15, -0.1) is 11.3 Å². The summed E-state index contributed by atoms with van der Waals surface area (Å²) in [5, 5.41) is 3.43. The van der Waals surface area contributed by atoms with Crippen LogP contribution in [0.25, 0.3) is 0 Å².